The topological polar surface area (TPSA) is 35.5 Å². The Balaban J connectivity index is 2.64. The quantitative estimate of drug-likeness (QED) is 0.535. The number of aryl methyl sites for hydroxylation is 3. The number of hydrogen-bond donors (Lipinski definition) is 0. The standard InChI is InChI=1S/C24H32O3/c1-8-9-10-18-13-22(27-7)20(15(2)3)14-21(18)24(25)23-16(4)11-19(26-6)12-17(23)5/h11-15H,8-10H2,1-7H3. The van der Waals surface area contributed by atoms with Crippen LogP contribution >= 0.6 is 0 Å². The van der Waals surface area contributed by atoms with E-state index in [1.54, 1.807) is 14.2 Å². The fourth-order valence-corrected chi connectivity index (χ4v) is 3.59. The maximum atomic E-state index is 13.6. The number of benzene rings is 2. The second-order valence-corrected chi connectivity index (χ2v) is 7.47. The van der Waals surface area contributed by atoms with Gasteiger partial charge in [0.15, 0.2) is 5.78 Å². The minimum atomic E-state index is 0.0864. The van der Waals surface area contributed by atoms with Crippen molar-refractivity contribution >= 4 is 5.78 Å². The summed E-state index contributed by atoms with van der Waals surface area (Å²) in [6, 6.07) is 7.96. The van der Waals surface area contributed by atoms with Crippen LogP contribution in [-0.4, -0.2) is 20.0 Å². The number of hydrogen-bond acceptors (Lipinski definition) is 3. The predicted octanol–water partition coefficient (Wildman–Crippen LogP) is 6.02. The van der Waals surface area contributed by atoms with E-state index in [9.17, 15) is 4.79 Å². The van der Waals surface area contributed by atoms with Gasteiger partial charge in [-0.1, -0.05) is 27.2 Å². The number of carbonyl (C=O) groups excluding carboxylic acids is 1. The largest absolute Gasteiger partial charge is 0.497 e. The zero-order chi connectivity index (χ0) is 20.1. The van der Waals surface area contributed by atoms with Crippen molar-refractivity contribution in [3.63, 3.8) is 0 Å². The molecule has 0 saturated carbocycles. The number of methoxy groups -OCH3 is 2. The fourth-order valence-electron chi connectivity index (χ4n) is 3.59. The van der Waals surface area contributed by atoms with E-state index in [4.69, 9.17) is 9.47 Å². The van der Waals surface area contributed by atoms with Gasteiger partial charge < -0.3 is 9.47 Å². The van der Waals surface area contributed by atoms with E-state index in [2.05, 4.69) is 26.8 Å². The molecule has 2 rings (SSSR count). The smallest absolute Gasteiger partial charge is 0.193 e. The molecule has 2 aromatic carbocycles. The lowest BCUT2D eigenvalue weighted by Gasteiger charge is -2.19. The number of carbonyl (C=O) groups is 1. The lowest BCUT2D eigenvalue weighted by atomic mass is 9.87. The molecule has 3 nitrogen and oxygen atoms in total. The van der Waals surface area contributed by atoms with Crippen LogP contribution in [0, 0.1) is 13.8 Å². The Morgan fingerprint density at radius 1 is 1.00 bits per heavy atom. The van der Waals surface area contributed by atoms with Gasteiger partial charge in [-0.15, -0.1) is 0 Å². The second-order valence-electron chi connectivity index (χ2n) is 7.47. The van der Waals surface area contributed by atoms with E-state index >= 15 is 0 Å². The van der Waals surface area contributed by atoms with Crippen molar-refractivity contribution in [3.8, 4) is 11.5 Å². The molecule has 0 fully saturated rings. The molecule has 0 atom stereocenters. The molecular formula is C24H32O3. The molecule has 0 saturated heterocycles. The SMILES string of the molecule is CCCCc1cc(OC)c(C(C)C)cc1C(=O)c1c(C)cc(OC)cc1C. The van der Waals surface area contributed by atoms with Crippen LogP contribution in [0.25, 0.3) is 0 Å². The molecule has 2 aromatic rings. The summed E-state index contributed by atoms with van der Waals surface area (Å²) in [4.78, 5) is 13.6. The summed E-state index contributed by atoms with van der Waals surface area (Å²) in [5, 5.41) is 0. The number of ether oxygens (including phenoxy) is 2. The van der Waals surface area contributed by atoms with Gasteiger partial charge in [0.2, 0.25) is 0 Å². The third-order valence-corrected chi connectivity index (χ3v) is 5.09. The maximum Gasteiger partial charge on any atom is 0.193 e. The van der Waals surface area contributed by atoms with Gasteiger partial charge in [0.05, 0.1) is 14.2 Å². The summed E-state index contributed by atoms with van der Waals surface area (Å²) in [5.41, 5.74) is 5.60. The molecule has 0 heterocycles. The zero-order valence-corrected chi connectivity index (χ0v) is 17.7. The van der Waals surface area contributed by atoms with Gasteiger partial charge in [0, 0.05) is 11.1 Å². The van der Waals surface area contributed by atoms with Gasteiger partial charge in [-0.25, -0.2) is 0 Å². The van der Waals surface area contributed by atoms with E-state index in [-0.39, 0.29) is 11.7 Å². The lowest BCUT2D eigenvalue weighted by Crippen LogP contribution is -2.11. The highest BCUT2D eigenvalue weighted by atomic mass is 16.5. The molecule has 3 heteroatoms. The summed E-state index contributed by atoms with van der Waals surface area (Å²) >= 11 is 0. The molecule has 0 unspecified atom stereocenters. The zero-order valence-electron chi connectivity index (χ0n) is 17.7. The number of ketones is 1. The van der Waals surface area contributed by atoms with E-state index in [1.807, 2.05) is 32.0 Å². The van der Waals surface area contributed by atoms with Crippen LogP contribution < -0.4 is 9.47 Å². The average Bonchev–Trinajstić information content (AvgIpc) is 2.64. The predicted molar refractivity (Wildman–Crippen MR) is 112 cm³/mol. The fraction of sp³-hybridized carbons (Fsp3) is 0.458. The lowest BCUT2D eigenvalue weighted by molar-refractivity contribution is 0.103. The van der Waals surface area contributed by atoms with Crippen molar-refractivity contribution in [2.75, 3.05) is 14.2 Å². The molecule has 0 radical (unpaired) electrons. The van der Waals surface area contributed by atoms with Crippen molar-refractivity contribution in [1.29, 1.82) is 0 Å². The molecule has 0 aliphatic heterocycles. The van der Waals surface area contributed by atoms with Crippen LogP contribution in [0.15, 0.2) is 24.3 Å². The van der Waals surface area contributed by atoms with Crippen LogP contribution in [0.3, 0.4) is 0 Å². The molecule has 0 N–H and O–H groups in total. The van der Waals surface area contributed by atoms with Crippen LogP contribution in [0.4, 0.5) is 0 Å². The third kappa shape index (κ3) is 4.52. The Bertz CT molecular complexity index is 796. The van der Waals surface area contributed by atoms with Gasteiger partial charge in [-0.2, -0.15) is 0 Å². The van der Waals surface area contributed by atoms with Crippen molar-refractivity contribution in [1.82, 2.24) is 0 Å². The van der Waals surface area contributed by atoms with Crippen molar-refractivity contribution < 1.29 is 14.3 Å². The van der Waals surface area contributed by atoms with Gasteiger partial charge in [0.25, 0.3) is 0 Å². The van der Waals surface area contributed by atoms with E-state index in [0.717, 1.165) is 64.1 Å². The first-order chi connectivity index (χ1) is 12.8. The molecule has 0 amide bonds. The molecule has 27 heavy (non-hydrogen) atoms. The molecule has 0 bridgehead atoms. The summed E-state index contributed by atoms with van der Waals surface area (Å²) in [6.45, 7) is 10.4. The Morgan fingerprint density at radius 3 is 2.11 bits per heavy atom. The molecule has 0 aliphatic rings. The summed E-state index contributed by atoms with van der Waals surface area (Å²) in [6.07, 6.45) is 3.01. The average molecular weight is 369 g/mol. The third-order valence-electron chi connectivity index (χ3n) is 5.09. The van der Waals surface area contributed by atoms with Gasteiger partial charge >= 0.3 is 0 Å². The Morgan fingerprint density at radius 2 is 1.63 bits per heavy atom. The highest BCUT2D eigenvalue weighted by molar-refractivity contribution is 6.12. The highest BCUT2D eigenvalue weighted by Crippen LogP contribution is 2.33. The van der Waals surface area contributed by atoms with E-state index in [1.165, 1.54) is 0 Å². The Kier molecular flexibility index (Phi) is 7.06. The number of unbranched alkanes of at least 4 members (excludes halogenated alkanes) is 1. The normalized spacial score (nSPS) is 11.0. The maximum absolute atomic E-state index is 13.6. The van der Waals surface area contributed by atoms with Crippen molar-refractivity contribution in [2.45, 2.75) is 59.8 Å². The Hall–Kier alpha value is -2.29. The minimum absolute atomic E-state index is 0.0864. The van der Waals surface area contributed by atoms with Gasteiger partial charge in [-0.3, -0.25) is 4.79 Å². The van der Waals surface area contributed by atoms with Gasteiger partial charge in [-0.05, 0) is 79.1 Å². The monoisotopic (exact) mass is 368 g/mol. The van der Waals surface area contributed by atoms with Crippen molar-refractivity contribution in [3.05, 3.63) is 57.6 Å². The summed E-state index contributed by atoms with van der Waals surface area (Å²) in [7, 11) is 3.35. The molecule has 0 spiro atoms. The summed E-state index contributed by atoms with van der Waals surface area (Å²) < 4.78 is 11.0. The second kappa shape index (κ2) is 9.07. The van der Waals surface area contributed by atoms with Crippen molar-refractivity contribution in [2.24, 2.45) is 0 Å². The van der Waals surface area contributed by atoms with E-state index in [0.29, 0.717) is 0 Å². The Labute approximate surface area is 163 Å². The molecule has 146 valence electrons. The van der Waals surface area contributed by atoms with Crippen LogP contribution in [0.5, 0.6) is 11.5 Å². The summed E-state index contributed by atoms with van der Waals surface area (Å²) in [5.74, 6) is 2.02. The first-order valence-corrected chi connectivity index (χ1v) is 9.74. The molecule has 0 aliphatic carbocycles. The molecule has 0 aromatic heterocycles. The van der Waals surface area contributed by atoms with E-state index < -0.39 is 0 Å². The molecular weight excluding hydrogens is 336 g/mol. The number of rotatable bonds is 8. The van der Waals surface area contributed by atoms with Crippen LogP contribution in [-0.2, 0) is 6.42 Å². The van der Waals surface area contributed by atoms with Gasteiger partial charge in [0.1, 0.15) is 11.5 Å². The minimum Gasteiger partial charge on any atom is -0.497 e. The highest BCUT2D eigenvalue weighted by Gasteiger charge is 2.22. The van der Waals surface area contributed by atoms with Crippen LogP contribution in [0.1, 0.15) is 77.7 Å². The first kappa shape index (κ1) is 21.0. The van der Waals surface area contributed by atoms with Crippen LogP contribution in [0.2, 0.25) is 0 Å². The first-order valence-electron chi connectivity index (χ1n) is 9.74.